The number of amides is 1. The third-order valence-electron chi connectivity index (χ3n) is 2.14. The number of nitrogens with one attached hydrogen (secondary N) is 1. The van der Waals surface area contributed by atoms with Gasteiger partial charge in [0, 0.05) is 11.8 Å². The van der Waals surface area contributed by atoms with Gasteiger partial charge in [-0.05, 0) is 25.1 Å². The number of anilines is 1. The molecule has 0 spiro atoms. The van der Waals surface area contributed by atoms with Gasteiger partial charge in [0.25, 0.3) is 5.91 Å². The molecule has 0 bridgehead atoms. The lowest BCUT2D eigenvalue weighted by atomic mass is 10.2. The molecule has 0 atom stereocenters. The SMILES string of the molecule is CC(=NN(Cl)c1ccc(C(F)(F)F)cc1Cl)C(=O)NO. The van der Waals surface area contributed by atoms with Crippen LogP contribution in [-0.4, -0.2) is 16.8 Å². The van der Waals surface area contributed by atoms with E-state index in [1.54, 1.807) is 0 Å². The van der Waals surface area contributed by atoms with Gasteiger partial charge in [-0.3, -0.25) is 10.0 Å². The highest BCUT2D eigenvalue weighted by atomic mass is 35.5. The molecule has 0 aromatic heterocycles. The van der Waals surface area contributed by atoms with E-state index < -0.39 is 17.6 Å². The van der Waals surface area contributed by atoms with Crippen LogP contribution in [0, 0.1) is 0 Å². The lowest BCUT2D eigenvalue weighted by Crippen LogP contribution is -2.27. The van der Waals surface area contributed by atoms with Crippen LogP contribution in [0.2, 0.25) is 5.02 Å². The summed E-state index contributed by atoms with van der Waals surface area (Å²) >= 11 is 11.4. The maximum absolute atomic E-state index is 12.4. The van der Waals surface area contributed by atoms with E-state index >= 15 is 0 Å². The number of hydroxylamine groups is 1. The number of benzene rings is 1. The number of hydrazone groups is 1. The smallest absolute Gasteiger partial charge is 0.288 e. The molecule has 20 heavy (non-hydrogen) atoms. The van der Waals surface area contributed by atoms with Gasteiger partial charge in [0.15, 0.2) is 0 Å². The maximum atomic E-state index is 12.4. The first-order valence-corrected chi connectivity index (χ1v) is 5.70. The van der Waals surface area contributed by atoms with Crippen LogP contribution in [0.4, 0.5) is 18.9 Å². The predicted molar refractivity (Wildman–Crippen MR) is 67.8 cm³/mol. The Labute approximate surface area is 121 Å². The van der Waals surface area contributed by atoms with Gasteiger partial charge < -0.3 is 0 Å². The van der Waals surface area contributed by atoms with Gasteiger partial charge in [-0.25, -0.2) is 5.48 Å². The van der Waals surface area contributed by atoms with Crippen molar-refractivity contribution in [2.24, 2.45) is 5.10 Å². The molecule has 1 aromatic rings. The number of nitrogens with zero attached hydrogens (tertiary/aromatic N) is 2. The molecule has 1 rings (SSSR count). The standard InChI is InChI=1S/C10H8Cl2F3N3O2/c1-5(9(19)17-20)16-18(12)8-3-2-6(4-7(8)11)10(13,14)15/h2-4,20H,1H3,(H,17,19). The van der Waals surface area contributed by atoms with E-state index in [-0.39, 0.29) is 16.4 Å². The highest BCUT2D eigenvalue weighted by Crippen LogP contribution is 2.35. The van der Waals surface area contributed by atoms with E-state index in [2.05, 4.69) is 5.10 Å². The van der Waals surface area contributed by atoms with Crippen LogP contribution in [0.3, 0.4) is 0 Å². The van der Waals surface area contributed by atoms with Gasteiger partial charge in [-0.2, -0.15) is 22.8 Å². The van der Waals surface area contributed by atoms with E-state index in [0.717, 1.165) is 12.1 Å². The number of rotatable bonds is 3. The Bertz CT molecular complexity index is 549. The normalized spacial score (nSPS) is 12.2. The Balaban J connectivity index is 3.07. The number of hydrogen-bond donors (Lipinski definition) is 2. The second-order valence-corrected chi connectivity index (χ2v) is 4.28. The van der Waals surface area contributed by atoms with E-state index in [1.807, 2.05) is 0 Å². The summed E-state index contributed by atoms with van der Waals surface area (Å²) in [7, 11) is 0. The van der Waals surface area contributed by atoms with Crippen molar-refractivity contribution >= 4 is 40.7 Å². The summed E-state index contributed by atoms with van der Waals surface area (Å²) in [6.45, 7) is 1.24. The van der Waals surface area contributed by atoms with Crippen molar-refractivity contribution in [2.75, 3.05) is 4.53 Å². The maximum Gasteiger partial charge on any atom is 0.416 e. The second-order valence-electron chi connectivity index (χ2n) is 3.55. The average molecular weight is 330 g/mol. The molecule has 0 aliphatic heterocycles. The Morgan fingerprint density at radius 2 is 2.05 bits per heavy atom. The Morgan fingerprint density at radius 1 is 1.45 bits per heavy atom. The monoisotopic (exact) mass is 329 g/mol. The fourth-order valence-corrected chi connectivity index (χ4v) is 1.71. The van der Waals surface area contributed by atoms with Gasteiger partial charge in [-0.15, -0.1) is 0 Å². The van der Waals surface area contributed by atoms with Crippen molar-refractivity contribution < 1.29 is 23.2 Å². The molecule has 5 nitrogen and oxygen atoms in total. The van der Waals surface area contributed by atoms with Crippen molar-refractivity contribution in [3.05, 3.63) is 28.8 Å². The van der Waals surface area contributed by atoms with E-state index in [0.29, 0.717) is 10.6 Å². The highest BCUT2D eigenvalue weighted by molar-refractivity contribution is 6.40. The highest BCUT2D eigenvalue weighted by Gasteiger charge is 2.31. The molecule has 0 heterocycles. The number of carbonyl (C=O) groups is 1. The molecular formula is C10H8Cl2F3N3O2. The van der Waals surface area contributed by atoms with Gasteiger partial charge in [0.05, 0.1) is 16.3 Å². The first-order chi connectivity index (χ1) is 9.16. The van der Waals surface area contributed by atoms with Crippen LogP contribution in [0.1, 0.15) is 12.5 Å². The summed E-state index contributed by atoms with van der Waals surface area (Å²) in [5, 5.41) is 11.6. The summed E-state index contributed by atoms with van der Waals surface area (Å²) in [4.78, 5) is 11.0. The second kappa shape index (κ2) is 6.29. The largest absolute Gasteiger partial charge is 0.416 e. The van der Waals surface area contributed by atoms with Crippen LogP contribution in [0.15, 0.2) is 23.3 Å². The summed E-state index contributed by atoms with van der Waals surface area (Å²) < 4.78 is 38.0. The number of alkyl halides is 3. The Hall–Kier alpha value is -1.51. The molecule has 2 N–H and O–H groups in total. The van der Waals surface area contributed by atoms with Crippen molar-refractivity contribution in [1.82, 2.24) is 5.48 Å². The molecule has 10 heteroatoms. The van der Waals surface area contributed by atoms with Crippen LogP contribution < -0.4 is 10.0 Å². The first-order valence-electron chi connectivity index (χ1n) is 4.99. The predicted octanol–water partition coefficient (Wildman–Crippen LogP) is 3.20. The molecule has 0 saturated carbocycles. The molecular weight excluding hydrogens is 322 g/mol. The van der Waals surface area contributed by atoms with E-state index in [9.17, 15) is 18.0 Å². The Morgan fingerprint density at radius 3 is 2.50 bits per heavy atom. The molecule has 0 unspecified atom stereocenters. The zero-order valence-corrected chi connectivity index (χ0v) is 11.4. The fraction of sp³-hybridized carbons (Fsp3) is 0.200. The minimum absolute atomic E-state index is 0.0496. The number of carbonyl (C=O) groups excluding carboxylic acids is 1. The van der Waals surface area contributed by atoms with Gasteiger partial charge >= 0.3 is 6.18 Å². The van der Waals surface area contributed by atoms with Crippen LogP contribution in [0.25, 0.3) is 0 Å². The summed E-state index contributed by atoms with van der Waals surface area (Å²) in [6.07, 6.45) is -4.53. The van der Waals surface area contributed by atoms with Gasteiger partial charge in [0.2, 0.25) is 0 Å². The zero-order valence-electron chi connectivity index (χ0n) is 9.87. The minimum atomic E-state index is -4.53. The zero-order chi connectivity index (χ0) is 15.5. The van der Waals surface area contributed by atoms with Gasteiger partial charge in [0.1, 0.15) is 5.71 Å². The first kappa shape index (κ1) is 16.5. The average Bonchev–Trinajstić information content (AvgIpc) is 2.36. The fourth-order valence-electron chi connectivity index (χ4n) is 1.14. The van der Waals surface area contributed by atoms with Crippen LogP contribution in [0.5, 0.6) is 0 Å². The summed E-state index contributed by atoms with van der Waals surface area (Å²) in [6, 6.07) is 2.46. The third kappa shape index (κ3) is 3.99. The molecule has 1 amide bonds. The number of halogens is 5. The van der Waals surface area contributed by atoms with Crippen molar-refractivity contribution in [3.8, 4) is 0 Å². The summed E-state index contributed by atoms with van der Waals surface area (Å²) in [5.74, 6) is -0.918. The molecule has 0 radical (unpaired) electrons. The molecule has 0 fully saturated rings. The molecule has 1 aromatic carbocycles. The summed E-state index contributed by atoms with van der Waals surface area (Å²) in [5.41, 5.74) is 0.115. The van der Waals surface area contributed by atoms with Crippen molar-refractivity contribution in [3.63, 3.8) is 0 Å². The lowest BCUT2D eigenvalue weighted by Gasteiger charge is -2.14. The quantitative estimate of drug-likeness (QED) is 0.387. The molecule has 0 aliphatic rings. The molecule has 110 valence electrons. The minimum Gasteiger partial charge on any atom is -0.288 e. The third-order valence-corrected chi connectivity index (χ3v) is 2.70. The van der Waals surface area contributed by atoms with Crippen molar-refractivity contribution in [1.29, 1.82) is 0 Å². The Kier molecular flexibility index (Phi) is 5.21. The van der Waals surface area contributed by atoms with E-state index in [4.69, 9.17) is 28.6 Å². The topological polar surface area (TPSA) is 64.9 Å². The van der Waals surface area contributed by atoms with Gasteiger partial charge in [-0.1, -0.05) is 11.6 Å². The van der Waals surface area contributed by atoms with Crippen LogP contribution >= 0.6 is 23.4 Å². The number of hydrogen-bond acceptors (Lipinski definition) is 4. The van der Waals surface area contributed by atoms with E-state index in [1.165, 1.54) is 12.4 Å². The lowest BCUT2D eigenvalue weighted by molar-refractivity contribution is -0.137. The molecule has 0 saturated heterocycles. The van der Waals surface area contributed by atoms with Crippen molar-refractivity contribution in [2.45, 2.75) is 13.1 Å². The van der Waals surface area contributed by atoms with Crippen LogP contribution in [-0.2, 0) is 11.0 Å². The molecule has 0 aliphatic carbocycles.